The Morgan fingerprint density at radius 3 is 1.05 bits per heavy atom. The summed E-state index contributed by atoms with van der Waals surface area (Å²) in [5.41, 5.74) is 0.0867. The summed E-state index contributed by atoms with van der Waals surface area (Å²) in [4.78, 5) is 0. The van der Waals surface area contributed by atoms with Crippen molar-refractivity contribution in [2.75, 3.05) is 13.2 Å². The van der Waals surface area contributed by atoms with E-state index in [0.29, 0.717) is 0 Å². The highest BCUT2D eigenvalue weighted by Crippen LogP contribution is 2.28. The lowest BCUT2D eigenvalue weighted by Crippen LogP contribution is -2.37. The lowest BCUT2D eigenvalue weighted by molar-refractivity contribution is -0.118. The summed E-state index contributed by atoms with van der Waals surface area (Å²) >= 11 is 0. The number of hydrogen-bond acceptors (Lipinski definition) is 2. The molecule has 0 saturated heterocycles. The first-order valence-corrected chi connectivity index (χ1v) is 7.94. The highest BCUT2D eigenvalue weighted by molar-refractivity contribution is 4.77. The Bertz CT molecular complexity index is 214. The van der Waals surface area contributed by atoms with Crippen LogP contribution >= 0.6 is 0 Å². The van der Waals surface area contributed by atoms with Gasteiger partial charge in [0.25, 0.3) is 0 Å². The molecule has 0 spiro atoms. The second-order valence-electron chi connectivity index (χ2n) is 7.06. The van der Waals surface area contributed by atoms with Crippen LogP contribution in [0.3, 0.4) is 0 Å². The van der Waals surface area contributed by atoms with E-state index >= 15 is 0 Å². The maximum absolute atomic E-state index is 6.15. The molecule has 0 bridgehead atoms. The van der Waals surface area contributed by atoms with Crippen molar-refractivity contribution in [2.24, 2.45) is 5.41 Å². The Balaban J connectivity index is 4.33. The third-order valence-corrected chi connectivity index (χ3v) is 4.61. The summed E-state index contributed by atoms with van der Waals surface area (Å²) < 4.78 is 12.3. The number of ether oxygens (including phenoxy) is 2. The van der Waals surface area contributed by atoms with Gasteiger partial charge in [0.15, 0.2) is 0 Å². The van der Waals surface area contributed by atoms with E-state index in [2.05, 4.69) is 55.4 Å². The maximum Gasteiger partial charge on any atom is 0.0649 e. The van der Waals surface area contributed by atoms with Gasteiger partial charge in [0, 0.05) is 5.41 Å². The van der Waals surface area contributed by atoms with Crippen LogP contribution in [0, 0.1) is 5.41 Å². The second kappa shape index (κ2) is 7.64. The summed E-state index contributed by atoms with van der Waals surface area (Å²) in [6.07, 6.45) is 4.23. The van der Waals surface area contributed by atoms with Crippen LogP contribution in [0.25, 0.3) is 0 Å². The van der Waals surface area contributed by atoms with E-state index in [1.165, 1.54) is 0 Å². The fourth-order valence-corrected chi connectivity index (χ4v) is 1.69. The Kier molecular flexibility index (Phi) is 7.60. The van der Waals surface area contributed by atoms with E-state index in [4.69, 9.17) is 9.47 Å². The first kappa shape index (κ1) is 18.9. The molecule has 0 aliphatic carbocycles. The monoisotopic (exact) mass is 272 g/mol. The first-order valence-electron chi connectivity index (χ1n) is 7.94. The van der Waals surface area contributed by atoms with E-state index in [0.717, 1.165) is 38.9 Å². The van der Waals surface area contributed by atoms with E-state index in [1.54, 1.807) is 0 Å². The van der Waals surface area contributed by atoms with Gasteiger partial charge in [-0.05, 0) is 39.5 Å². The van der Waals surface area contributed by atoms with Gasteiger partial charge < -0.3 is 9.47 Å². The molecular formula is C17H36O2. The largest absolute Gasteiger partial charge is 0.375 e. The third-order valence-electron chi connectivity index (χ3n) is 4.61. The zero-order valence-electron chi connectivity index (χ0n) is 14.6. The molecule has 19 heavy (non-hydrogen) atoms. The Morgan fingerprint density at radius 2 is 0.842 bits per heavy atom. The zero-order chi connectivity index (χ0) is 15.2. The fourth-order valence-electron chi connectivity index (χ4n) is 1.69. The summed E-state index contributed by atoms with van der Waals surface area (Å²) in [7, 11) is 0. The van der Waals surface area contributed by atoms with Gasteiger partial charge in [-0.1, -0.05) is 41.5 Å². The normalized spacial score (nSPS) is 13.9. The third kappa shape index (κ3) is 6.76. The molecule has 0 aromatic carbocycles. The second-order valence-corrected chi connectivity index (χ2v) is 7.06. The van der Waals surface area contributed by atoms with Crippen molar-refractivity contribution < 1.29 is 9.47 Å². The predicted octanol–water partition coefficient (Wildman–Crippen LogP) is 5.20. The molecule has 0 heterocycles. The van der Waals surface area contributed by atoms with Gasteiger partial charge in [-0.15, -0.1) is 0 Å². The average molecular weight is 272 g/mol. The van der Waals surface area contributed by atoms with Crippen LogP contribution in [0.4, 0.5) is 0 Å². The molecule has 116 valence electrons. The van der Waals surface area contributed by atoms with E-state index in [1.807, 2.05) is 0 Å². The SMILES string of the molecule is CCC(C)(CC)OCC(C)(C)COC(C)(CC)CC. The van der Waals surface area contributed by atoms with Gasteiger partial charge in [0.1, 0.15) is 0 Å². The Morgan fingerprint density at radius 1 is 0.579 bits per heavy atom. The van der Waals surface area contributed by atoms with E-state index < -0.39 is 0 Å². The van der Waals surface area contributed by atoms with Gasteiger partial charge in [0.05, 0.1) is 24.4 Å². The molecule has 2 nitrogen and oxygen atoms in total. The van der Waals surface area contributed by atoms with Crippen LogP contribution in [0.15, 0.2) is 0 Å². The van der Waals surface area contributed by atoms with Gasteiger partial charge in [-0.3, -0.25) is 0 Å². The smallest absolute Gasteiger partial charge is 0.0649 e. The predicted molar refractivity (Wildman–Crippen MR) is 83.7 cm³/mol. The molecule has 0 saturated carbocycles. The van der Waals surface area contributed by atoms with Crippen molar-refractivity contribution in [1.82, 2.24) is 0 Å². The van der Waals surface area contributed by atoms with Crippen LogP contribution < -0.4 is 0 Å². The average Bonchev–Trinajstić information content (AvgIpc) is 2.42. The molecule has 0 aromatic rings. The quantitative estimate of drug-likeness (QED) is 0.544. The van der Waals surface area contributed by atoms with Crippen LogP contribution in [-0.4, -0.2) is 24.4 Å². The van der Waals surface area contributed by atoms with E-state index in [-0.39, 0.29) is 16.6 Å². The standard InChI is InChI=1S/C17H36O2/c1-9-16(7,10-2)18-13-15(5,6)14-19-17(8,11-3)12-4/h9-14H2,1-8H3. The molecular weight excluding hydrogens is 236 g/mol. The molecule has 0 aliphatic heterocycles. The summed E-state index contributed by atoms with van der Waals surface area (Å²) in [6, 6.07) is 0. The van der Waals surface area contributed by atoms with Crippen molar-refractivity contribution in [3.05, 3.63) is 0 Å². The lowest BCUT2D eigenvalue weighted by Gasteiger charge is -2.36. The summed E-state index contributed by atoms with van der Waals surface area (Å²) in [6.45, 7) is 19.1. The molecule has 0 rings (SSSR count). The van der Waals surface area contributed by atoms with Gasteiger partial charge >= 0.3 is 0 Å². The van der Waals surface area contributed by atoms with Crippen molar-refractivity contribution in [2.45, 2.75) is 92.3 Å². The minimum Gasteiger partial charge on any atom is -0.375 e. The molecule has 0 fully saturated rings. The molecule has 2 heteroatoms. The van der Waals surface area contributed by atoms with Crippen LogP contribution in [0.1, 0.15) is 81.1 Å². The fraction of sp³-hybridized carbons (Fsp3) is 1.00. The van der Waals surface area contributed by atoms with Gasteiger partial charge in [0.2, 0.25) is 0 Å². The summed E-state index contributed by atoms with van der Waals surface area (Å²) in [5.74, 6) is 0. The Hall–Kier alpha value is -0.0800. The topological polar surface area (TPSA) is 18.5 Å². The number of rotatable bonds is 10. The van der Waals surface area contributed by atoms with E-state index in [9.17, 15) is 0 Å². The highest BCUT2D eigenvalue weighted by Gasteiger charge is 2.29. The van der Waals surface area contributed by atoms with Crippen molar-refractivity contribution in [1.29, 1.82) is 0 Å². The van der Waals surface area contributed by atoms with Crippen molar-refractivity contribution in [3.63, 3.8) is 0 Å². The minimum atomic E-state index is 0.0100. The van der Waals surface area contributed by atoms with Crippen molar-refractivity contribution in [3.8, 4) is 0 Å². The maximum atomic E-state index is 6.15. The molecule has 0 radical (unpaired) electrons. The Labute approximate surface area is 121 Å². The highest BCUT2D eigenvalue weighted by atomic mass is 16.5. The van der Waals surface area contributed by atoms with Crippen LogP contribution in [-0.2, 0) is 9.47 Å². The number of hydrogen-bond donors (Lipinski definition) is 0. The van der Waals surface area contributed by atoms with Gasteiger partial charge in [-0.2, -0.15) is 0 Å². The zero-order valence-corrected chi connectivity index (χ0v) is 14.6. The van der Waals surface area contributed by atoms with Crippen LogP contribution in [0.2, 0.25) is 0 Å². The summed E-state index contributed by atoms with van der Waals surface area (Å²) in [5, 5.41) is 0. The molecule has 0 unspecified atom stereocenters. The molecule has 0 aromatic heterocycles. The molecule has 0 N–H and O–H groups in total. The van der Waals surface area contributed by atoms with Crippen molar-refractivity contribution >= 4 is 0 Å². The lowest BCUT2D eigenvalue weighted by atomic mass is 9.93. The first-order chi connectivity index (χ1) is 8.66. The molecule has 0 amide bonds. The molecule has 0 atom stereocenters. The van der Waals surface area contributed by atoms with Crippen LogP contribution in [0.5, 0.6) is 0 Å². The molecule has 0 aliphatic rings. The van der Waals surface area contributed by atoms with Gasteiger partial charge in [-0.25, -0.2) is 0 Å². The minimum absolute atomic E-state index is 0.0100.